The number of nitrogens with zero attached hydrogens (tertiary/aromatic N) is 1. The molecule has 0 aromatic heterocycles. The van der Waals surface area contributed by atoms with E-state index in [-0.39, 0.29) is 17.3 Å². The van der Waals surface area contributed by atoms with E-state index in [9.17, 15) is 9.18 Å². The molecule has 4 atom stereocenters. The highest BCUT2D eigenvalue weighted by Gasteiger charge is 2.54. The van der Waals surface area contributed by atoms with E-state index in [4.69, 9.17) is 9.47 Å². The van der Waals surface area contributed by atoms with Gasteiger partial charge in [0.05, 0.1) is 19.8 Å². The highest BCUT2D eigenvalue weighted by Crippen LogP contribution is 2.58. The first-order chi connectivity index (χ1) is 15.5. The fraction of sp³-hybridized carbons (Fsp3) is 0.640. The fourth-order valence-corrected chi connectivity index (χ4v) is 6.20. The van der Waals surface area contributed by atoms with Crippen molar-refractivity contribution < 1.29 is 18.7 Å². The summed E-state index contributed by atoms with van der Waals surface area (Å²) in [6.45, 7) is 6.98. The number of rotatable bonds is 7. The molecule has 1 aromatic carbocycles. The Morgan fingerprint density at radius 2 is 2.12 bits per heavy atom. The van der Waals surface area contributed by atoms with Crippen LogP contribution in [0.5, 0.6) is 5.75 Å². The number of hydrogen-bond donors (Lipinski definition) is 2. The molecular formula is C25H34FN3O3. The van der Waals surface area contributed by atoms with Gasteiger partial charge in [0.25, 0.3) is 0 Å². The van der Waals surface area contributed by atoms with Crippen LogP contribution in [-0.4, -0.2) is 55.9 Å². The molecule has 0 spiro atoms. The Labute approximate surface area is 189 Å². The van der Waals surface area contributed by atoms with Crippen molar-refractivity contribution in [3.63, 3.8) is 0 Å². The quantitative estimate of drug-likeness (QED) is 0.490. The van der Waals surface area contributed by atoms with Crippen molar-refractivity contribution >= 4 is 11.7 Å². The second-order valence-electron chi connectivity index (χ2n) is 10.1. The van der Waals surface area contributed by atoms with E-state index >= 15 is 0 Å². The molecule has 2 amide bonds. The first-order valence-corrected chi connectivity index (χ1v) is 12.0. The number of urea groups is 1. The van der Waals surface area contributed by atoms with Gasteiger partial charge < -0.3 is 20.1 Å². The van der Waals surface area contributed by atoms with Gasteiger partial charge >= 0.3 is 6.03 Å². The van der Waals surface area contributed by atoms with E-state index in [2.05, 4.69) is 28.5 Å². The lowest BCUT2D eigenvalue weighted by Crippen LogP contribution is -2.49. The minimum Gasteiger partial charge on any atom is -0.490 e. The summed E-state index contributed by atoms with van der Waals surface area (Å²) in [4.78, 5) is 15.2. The Morgan fingerprint density at radius 3 is 2.97 bits per heavy atom. The molecule has 3 aliphatic carbocycles. The van der Waals surface area contributed by atoms with Gasteiger partial charge in [0.15, 0.2) is 11.6 Å². The predicted molar refractivity (Wildman–Crippen MR) is 121 cm³/mol. The van der Waals surface area contributed by atoms with Crippen LogP contribution in [0.3, 0.4) is 0 Å². The molecule has 2 saturated carbocycles. The highest BCUT2D eigenvalue weighted by atomic mass is 19.1. The Kier molecular flexibility index (Phi) is 6.12. The number of carbonyl (C=O) groups excluding carboxylic acids is 1. The highest BCUT2D eigenvalue weighted by molar-refractivity contribution is 5.90. The summed E-state index contributed by atoms with van der Waals surface area (Å²) in [5, 5.41) is 6.19. The predicted octanol–water partition coefficient (Wildman–Crippen LogP) is 4.18. The number of ether oxygens (including phenoxy) is 2. The van der Waals surface area contributed by atoms with Gasteiger partial charge in [-0.05, 0) is 62.0 Å². The van der Waals surface area contributed by atoms with Crippen LogP contribution in [0.15, 0.2) is 29.8 Å². The standard InChI is InChI=1S/C25H34FN3O3/c1-17-11-18-12-19-15-25(14-17,16-21(18)19)28-24(30)27-20-3-4-22(26)23(13-20)32-8-2-5-29-6-9-31-10-7-29/h3-4,11,13,17,19,21H,2,5-10,12,14-16H2,1H3,(H2,27,28,30). The lowest BCUT2D eigenvalue weighted by molar-refractivity contribution is 0.0357. The van der Waals surface area contributed by atoms with Gasteiger partial charge in [-0.15, -0.1) is 0 Å². The maximum Gasteiger partial charge on any atom is 0.319 e. The summed E-state index contributed by atoms with van der Waals surface area (Å²) in [5.74, 6) is 1.63. The third-order valence-electron chi connectivity index (χ3n) is 7.57. The van der Waals surface area contributed by atoms with E-state index in [1.165, 1.54) is 12.5 Å². The number of allylic oxidation sites excluding steroid dienone is 2. The van der Waals surface area contributed by atoms with Gasteiger partial charge in [0.2, 0.25) is 0 Å². The second kappa shape index (κ2) is 9.02. The monoisotopic (exact) mass is 443 g/mol. The van der Waals surface area contributed by atoms with Crippen LogP contribution in [0, 0.1) is 23.6 Å². The van der Waals surface area contributed by atoms with E-state index < -0.39 is 5.82 Å². The third kappa shape index (κ3) is 4.64. The summed E-state index contributed by atoms with van der Waals surface area (Å²) in [5.41, 5.74) is 2.01. The molecule has 1 aliphatic heterocycles. The molecule has 1 aromatic rings. The van der Waals surface area contributed by atoms with Crippen LogP contribution in [0.4, 0.5) is 14.9 Å². The van der Waals surface area contributed by atoms with Crippen LogP contribution in [0.2, 0.25) is 0 Å². The molecule has 0 radical (unpaired) electrons. The largest absolute Gasteiger partial charge is 0.490 e. The van der Waals surface area contributed by atoms with Crippen molar-refractivity contribution in [2.75, 3.05) is 44.8 Å². The number of morpholine rings is 1. The average Bonchev–Trinajstić information content (AvgIpc) is 2.97. The molecule has 7 heteroatoms. The SMILES string of the molecule is CC1C=C2CC3CC(NC(=O)Nc4ccc(F)c(OCCCN5CCOCC5)c4)(C1)CC23. The molecule has 5 rings (SSSR count). The zero-order valence-corrected chi connectivity index (χ0v) is 18.9. The summed E-state index contributed by atoms with van der Waals surface area (Å²) in [6.07, 6.45) is 7.53. The number of anilines is 1. The van der Waals surface area contributed by atoms with Gasteiger partial charge in [0, 0.05) is 36.9 Å². The Balaban J connectivity index is 1.14. The van der Waals surface area contributed by atoms with Crippen LogP contribution in [-0.2, 0) is 4.74 Å². The maximum atomic E-state index is 14.2. The Bertz CT molecular complexity index is 885. The van der Waals surface area contributed by atoms with Gasteiger partial charge in [0.1, 0.15) is 0 Å². The minimum absolute atomic E-state index is 0.133. The van der Waals surface area contributed by atoms with Gasteiger partial charge in [-0.25, -0.2) is 9.18 Å². The smallest absolute Gasteiger partial charge is 0.319 e. The van der Waals surface area contributed by atoms with Gasteiger partial charge in [-0.3, -0.25) is 4.90 Å². The third-order valence-corrected chi connectivity index (χ3v) is 7.57. The topological polar surface area (TPSA) is 62.8 Å². The molecule has 174 valence electrons. The van der Waals surface area contributed by atoms with E-state index in [1.54, 1.807) is 17.7 Å². The number of carbonyl (C=O) groups is 1. The molecule has 6 nitrogen and oxygen atoms in total. The number of amides is 2. The molecule has 32 heavy (non-hydrogen) atoms. The number of nitrogens with one attached hydrogen (secondary N) is 2. The van der Waals surface area contributed by atoms with E-state index in [0.717, 1.165) is 64.4 Å². The van der Waals surface area contributed by atoms with Crippen LogP contribution in [0.1, 0.15) is 39.0 Å². The van der Waals surface area contributed by atoms with Gasteiger partial charge in [-0.1, -0.05) is 18.6 Å². The minimum atomic E-state index is -0.413. The number of fused-ring (bicyclic) bond motifs is 1. The molecule has 3 fully saturated rings. The second-order valence-corrected chi connectivity index (χ2v) is 10.1. The van der Waals surface area contributed by atoms with Crippen LogP contribution < -0.4 is 15.4 Å². The summed E-state index contributed by atoms with van der Waals surface area (Å²) >= 11 is 0. The molecule has 2 bridgehead atoms. The van der Waals surface area contributed by atoms with Crippen LogP contribution in [0.25, 0.3) is 0 Å². The van der Waals surface area contributed by atoms with Crippen molar-refractivity contribution in [3.8, 4) is 5.75 Å². The lowest BCUT2D eigenvalue weighted by atomic mass is 9.70. The Hall–Kier alpha value is -2.12. The maximum absolute atomic E-state index is 14.2. The lowest BCUT2D eigenvalue weighted by Gasteiger charge is -2.36. The normalized spacial score (nSPS) is 31.3. The van der Waals surface area contributed by atoms with Gasteiger partial charge in [-0.2, -0.15) is 0 Å². The molecule has 4 aliphatic rings. The average molecular weight is 444 g/mol. The molecule has 1 saturated heterocycles. The van der Waals surface area contributed by atoms with Crippen LogP contribution >= 0.6 is 0 Å². The summed E-state index contributed by atoms with van der Waals surface area (Å²) in [7, 11) is 0. The van der Waals surface area contributed by atoms with Crippen molar-refractivity contribution in [2.24, 2.45) is 17.8 Å². The molecule has 2 N–H and O–H groups in total. The molecule has 4 unspecified atom stereocenters. The zero-order valence-electron chi connectivity index (χ0n) is 18.9. The summed E-state index contributed by atoms with van der Waals surface area (Å²) in [6, 6.07) is 4.30. The van der Waals surface area contributed by atoms with E-state index in [0.29, 0.717) is 24.1 Å². The van der Waals surface area contributed by atoms with Crippen molar-refractivity contribution in [1.82, 2.24) is 10.2 Å². The first-order valence-electron chi connectivity index (χ1n) is 12.0. The number of benzene rings is 1. The Morgan fingerprint density at radius 1 is 1.28 bits per heavy atom. The zero-order chi connectivity index (χ0) is 22.1. The molecule has 1 heterocycles. The number of hydrogen-bond acceptors (Lipinski definition) is 4. The number of halogens is 1. The van der Waals surface area contributed by atoms with E-state index in [1.807, 2.05) is 0 Å². The molecular weight excluding hydrogens is 409 g/mol. The van der Waals surface area contributed by atoms with Crippen molar-refractivity contribution in [2.45, 2.75) is 44.6 Å². The summed E-state index contributed by atoms with van der Waals surface area (Å²) < 4.78 is 25.3. The first kappa shape index (κ1) is 21.7. The van der Waals surface area contributed by atoms with Crippen molar-refractivity contribution in [1.29, 1.82) is 0 Å². The fourth-order valence-electron chi connectivity index (χ4n) is 6.20. The van der Waals surface area contributed by atoms with Crippen molar-refractivity contribution in [3.05, 3.63) is 35.7 Å².